The number of carbonyl (C=O) groups excluding carboxylic acids is 1. The molecule has 0 bridgehead atoms. The Kier molecular flexibility index (Phi) is 5.00. The zero-order valence-electron chi connectivity index (χ0n) is 12.4. The van der Waals surface area contributed by atoms with E-state index in [4.69, 9.17) is 5.11 Å². The average molecular weight is 310 g/mol. The molecule has 0 aliphatic carbocycles. The van der Waals surface area contributed by atoms with E-state index in [1.54, 1.807) is 0 Å². The van der Waals surface area contributed by atoms with Crippen LogP contribution in [0, 0.1) is 5.41 Å². The molecule has 1 aromatic rings. The van der Waals surface area contributed by atoms with Gasteiger partial charge in [0, 0.05) is 4.88 Å². The molecule has 1 aliphatic heterocycles. The van der Waals surface area contributed by atoms with Crippen molar-refractivity contribution in [1.82, 2.24) is 10.6 Å². The highest BCUT2D eigenvalue weighted by atomic mass is 32.1. The smallest absolute Gasteiger partial charge is 0.305 e. The molecule has 0 aromatic carbocycles. The van der Waals surface area contributed by atoms with Crippen LogP contribution in [0.5, 0.6) is 0 Å². The molecular weight excluding hydrogens is 288 g/mol. The van der Waals surface area contributed by atoms with Gasteiger partial charge in [0.1, 0.15) is 0 Å². The number of amides is 1. The van der Waals surface area contributed by atoms with Gasteiger partial charge in [-0.1, -0.05) is 19.9 Å². The molecule has 6 heteroatoms. The molecule has 2 heterocycles. The van der Waals surface area contributed by atoms with Gasteiger partial charge in [0.05, 0.1) is 18.5 Å². The third kappa shape index (κ3) is 4.04. The lowest BCUT2D eigenvalue weighted by atomic mass is 9.77. The van der Waals surface area contributed by atoms with E-state index in [2.05, 4.69) is 24.5 Å². The van der Waals surface area contributed by atoms with E-state index in [-0.39, 0.29) is 23.8 Å². The Balaban J connectivity index is 2.09. The van der Waals surface area contributed by atoms with Gasteiger partial charge in [-0.3, -0.25) is 9.59 Å². The number of piperidine rings is 1. The summed E-state index contributed by atoms with van der Waals surface area (Å²) in [5, 5.41) is 17.1. The predicted octanol–water partition coefficient (Wildman–Crippen LogP) is 2.16. The second kappa shape index (κ2) is 6.58. The molecule has 3 N–H and O–H groups in total. The van der Waals surface area contributed by atoms with Crippen LogP contribution in [0.2, 0.25) is 0 Å². The second-order valence-electron chi connectivity index (χ2n) is 6.15. The first-order chi connectivity index (χ1) is 9.90. The van der Waals surface area contributed by atoms with Gasteiger partial charge in [0.2, 0.25) is 5.91 Å². The molecule has 0 radical (unpaired) electrons. The minimum absolute atomic E-state index is 0.0978. The molecule has 1 saturated heterocycles. The molecule has 5 nitrogen and oxygen atoms in total. The lowest BCUT2D eigenvalue weighted by Gasteiger charge is -2.38. The summed E-state index contributed by atoms with van der Waals surface area (Å²) in [5.74, 6) is -1.02. The van der Waals surface area contributed by atoms with Crippen LogP contribution in [0.25, 0.3) is 0 Å². The molecular formula is C15H22N2O3S. The number of carbonyl (C=O) groups is 2. The van der Waals surface area contributed by atoms with Crippen molar-refractivity contribution < 1.29 is 14.7 Å². The van der Waals surface area contributed by atoms with Crippen LogP contribution in [0.15, 0.2) is 17.5 Å². The Hall–Kier alpha value is -1.40. The van der Waals surface area contributed by atoms with Crippen LogP contribution in [0.3, 0.4) is 0 Å². The maximum Gasteiger partial charge on any atom is 0.305 e. The third-order valence-electron chi connectivity index (χ3n) is 3.97. The van der Waals surface area contributed by atoms with E-state index in [0.29, 0.717) is 0 Å². The summed E-state index contributed by atoms with van der Waals surface area (Å²) in [7, 11) is 0. The largest absolute Gasteiger partial charge is 0.481 e. The lowest BCUT2D eigenvalue weighted by molar-refractivity contribution is -0.138. The zero-order valence-corrected chi connectivity index (χ0v) is 13.2. The summed E-state index contributed by atoms with van der Waals surface area (Å²) in [6, 6.07) is 2.99. The van der Waals surface area contributed by atoms with E-state index < -0.39 is 12.0 Å². The highest BCUT2D eigenvalue weighted by Crippen LogP contribution is 2.31. The molecule has 1 aliphatic rings. The molecule has 1 amide bonds. The Labute approximate surface area is 128 Å². The van der Waals surface area contributed by atoms with Crippen molar-refractivity contribution in [3.05, 3.63) is 22.4 Å². The van der Waals surface area contributed by atoms with Gasteiger partial charge in [-0.2, -0.15) is 0 Å². The van der Waals surface area contributed by atoms with Crippen molar-refractivity contribution in [2.75, 3.05) is 6.54 Å². The lowest BCUT2D eigenvalue weighted by Crippen LogP contribution is -2.56. The minimum Gasteiger partial charge on any atom is -0.481 e. The Morgan fingerprint density at radius 1 is 1.57 bits per heavy atom. The summed E-state index contributed by atoms with van der Waals surface area (Å²) in [5.41, 5.74) is -0.119. The summed E-state index contributed by atoms with van der Waals surface area (Å²) in [4.78, 5) is 24.4. The number of nitrogens with one attached hydrogen (secondary N) is 2. The summed E-state index contributed by atoms with van der Waals surface area (Å²) in [6.07, 6.45) is 1.94. The highest BCUT2D eigenvalue weighted by molar-refractivity contribution is 7.10. The summed E-state index contributed by atoms with van der Waals surface area (Å²) in [6.45, 7) is 4.96. The average Bonchev–Trinajstić information content (AvgIpc) is 2.90. The Bertz CT molecular complexity index is 499. The first-order valence-electron chi connectivity index (χ1n) is 7.19. The second-order valence-corrected chi connectivity index (χ2v) is 7.13. The predicted molar refractivity (Wildman–Crippen MR) is 82.3 cm³/mol. The van der Waals surface area contributed by atoms with Crippen LogP contribution < -0.4 is 10.6 Å². The van der Waals surface area contributed by atoms with Crippen LogP contribution in [0.4, 0.5) is 0 Å². The molecule has 2 unspecified atom stereocenters. The van der Waals surface area contributed by atoms with Gasteiger partial charge in [-0.15, -0.1) is 11.3 Å². The number of aliphatic carboxylic acids is 1. The standard InChI is InChI=1S/C15H22N2O3S/c1-15(2)6-4-7-16-13(15)14(20)17-10(9-12(18)19)11-5-3-8-21-11/h3,5,8,10,13,16H,4,6-7,9H2,1-2H3,(H,17,20)(H,18,19). The molecule has 116 valence electrons. The van der Waals surface area contributed by atoms with E-state index in [9.17, 15) is 9.59 Å². The fourth-order valence-corrected chi connectivity index (χ4v) is 3.58. The SMILES string of the molecule is CC1(C)CCCNC1C(=O)NC(CC(=O)O)c1cccs1. The number of carboxylic acids is 1. The van der Waals surface area contributed by atoms with E-state index in [1.807, 2.05) is 17.5 Å². The first-order valence-corrected chi connectivity index (χ1v) is 8.07. The fraction of sp³-hybridized carbons (Fsp3) is 0.600. The van der Waals surface area contributed by atoms with Gasteiger partial charge in [-0.05, 0) is 36.2 Å². The van der Waals surface area contributed by atoms with Crippen LogP contribution in [-0.4, -0.2) is 29.6 Å². The van der Waals surface area contributed by atoms with E-state index >= 15 is 0 Å². The van der Waals surface area contributed by atoms with Gasteiger partial charge in [0.25, 0.3) is 0 Å². The number of carboxylic acid groups (broad SMARTS) is 1. The monoisotopic (exact) mass is 310 g/mol. The van der Waals surface area contributed by atoms with Crippen LogP contribution in [0.1, 0.15) is 44.0 Å². The van der Waals surface area contributed by atoms with Crippen molar-refractivity contribution in [2.24, 2.45) is 5.41 Å². The van der Waals surface area contributed by atoms with Gasteiger partial charge in [0.15, 0.2) is 0 Å². The molecule has 0 saturated carbocycles. The molecule has 2 atom stereocenters. The van der Waals surface area contributed by atoms with Crippen LogP contribution >= 0.6 is 11.3 Å². The van der Waals surface area contributed by atoms with Gasteiger partial charge >= 0.3 is 5.97 Å². The zero-order chi connectivity index (χ0) is 15.5. The minimum atomic E-state index is -0.912. The van der Waals surface area contributed by atoms with E-state index in [1.165, 1.54) is 11.3 Å². The number of thiophene rings is 1. The maximum absolute atomic E-state index is 12.5. The Morgan fingerprint density at radius 2 is 2.33 bits per heavy atom. The van der Waals surface area contributed by atoms with Crippen molar-refractivity contribution in [3.8, 4) is 0 Å². The fourth-order valence-electron chi connectivity index (χ4n) is 2.80. The van der Waals surface area contributed by atoms with Gasteiger partial charge < -0.3 is 15.7 Å². The maximum atomic E-state index is 12.5. The van der Waals surface area contributed by atoms with Gasteiger partial charge in [-0.25, -0.2) is 0 Å². The first kappa shape index (κ1) is 16.0. The van der Waals surface area contributed by atoms with Crippen molar-refractivity contribution in [3.63, 3.8) is 0 Å². The molecule has 1 aromatic heterocycles. The molecule has 1 fully saturated rings. The van der Waals surface area contributed by atoms with Crippen molar-refractivity contribution in [2.45, 2.75) is 45.2 Å². The van der Waals surface area contributed by atoms with Crippen molar-refractivity contribution >= 4 is 23.2 Å². The van der Waals surface area contributed by atoms with E-state index in [0.717, 1.165) is 24.3 Å². The highest BCUT2D eigenvalue weighted by Gasteiger charge is 2.38. The third-order valence-corrected chi connectivity index (χ3v) is 4.96. The molecule has 21 heavy (non-hydrogen) atoms. The topological polar surface area (TPSA) is 78.4 Å². The summed E-state index contributed by atoms with van der Waals surface area (Å²) < 4.78 is 0. The normalized spacial score (nSPS) is 22.5. The number of rotatable bonds is 5. The number of hydrogen-bond donors (Lipinski definition) is 3. The Morgan fingerprint density at radius 3 is 2.90 bits per heavy atom. The quantitative estimate of drug-likeness (QED) is 0.779. The molecule has 2 rings (SSSR count). The number of hydrogen-bond acceptors (Lipinski definition) is 4. The summed E-state index contributed by atoms with van der Waals surface area (Å²) >= 11 is 1.46. The molecule has 0 spiro atoms. The van der Waals surface area contributed by atoms with Crippen LogP contribution in [-0.2, 0) is 9.59 Å². The van der Waals surface area contributed by atoms with Crippen molar-refractivity contribution in [1.29, 1.82) is 0 Å².